The van der Waals surface area contributed by atoms with Crippen LogP contribution in [-0.4, -0.2) is 38.0 Å². The second-order valence-electron chi connectivity index (χ2n) is 3.25. The summed E-state index contributed by atoms with van der Waals surface area (Å²) in [5.41, 5.74) is 0. The molecule has 1 N–H and O–H groups in total. The molecule has 1 amide bonds. The van der Waals surface area contributed by atoms with E-state index >= 15 is 0 Å². The summed E-state index contributed by atoms with van der Waals surface area (Å²) in [4.78, 5) is 13.0. The van der Waals surface area contributed by atoms with E-state index in [4.69, 9.17) is 0 Å². The lowest BCUT2D eigenvalue weighted by Gasteiger charge is -2.11. The van der Waals surface area contributed by atoms with Gasteiger partial charge in [0.15, 0.2) is 0 Å². The fourth-order valence-electron chi connectivity index (χ4n) is 0.607. The summed E-state index contributed by atoms with van der Waals surface area (Å²) >= 11 is 0. The molecule has 0 atom stereocenters. The smallest absolute Gasteiger partial charge is 0.222 e. The molecular weight excluding hydrogens is 211 g/mol. The molecule has 0 bridgehead atoms. The van der Waals surface area contributed by atoms with Crippen molar-refractivity contribution in [2.45, 2.75) is 13.8 Å². The van der Waals surface area contributed by atoms with Gasteiger partial charge in [0, 0.05) is 19.0 Å². The number of carbonyl (C=O) groups is 1. The molecule has 0 aliphatic rings. The highest BCUT2D eigenvalue weighted by Gasteiger charge is 2.04. The van der Waals surface area contributed by atoms with Crippen molar-refractivity contribution in [1.82, 2.24) is 10.2 Å². The second-order valence-corrected chi connectivity index (χ2v) is 3.25. The highest BCUT2D eigenvalue weighted by atomic mass is 35.5. The molecule has 0 aliphatic heterocycles. The number of nitrogens with one attached hydrogen (secondary N) is 1. The highest BCUT2D eigenvalue weighted by molar-refractivity contribution is 5.85. The van der Waals surface area contributed by atoms with Gasteiger partial charge >= 0.3 is 0 Å². The van der Waals surface area contributed by atoms with Crippen molar-refractivity contribution in [2.75, 3.05) is 27.2 Å². The zero-order valence-electron chi connectivity index (χ0n) is 8.66. The Balaban J connectivity index is -0.000000500. The first-order chi connectivity index (χ1) is 5.04. The maximum atomic E-state index is 11.0. The molecular formula is C8H20Cl2N2O. The predicted octanol–water partition coefficient (Wildman–Crippen LogP) is 1.16. The highest BCUT2D eigenvalue weighted by Crippen LogP contribution is 1.89. The number of amides is 1. The summed E-state index contributed by atoms with van der Waals surface area (Å²) in [5.74, 6) is 0.226. The maximum absolute atomic E-state index is 11.0. The summed E-state index contributed by atoms with van der Waals surface area (Å²) < 4.78 is 0. The Hall–Kier alpha value is 0.01000. The van der Waals surface area contributed by atoms with Crippen molar-refractivity contribution in [3.05, 3.63) is 0 Å². The lowest BCUT2D eigenvalue weighted by molar-refractivity contribution is -0.123. The van der Waals surface area contributed by atoms with E-state index in [-0.39, 0.29) is 36.6 Å². The van der Waals surface area contributed by atoms with Crippen LogP contribution in [-0.2, 0) is 4.79 Å². The van der Waals surface area contributed by atoms with Crippen LogP contribution in [0.25, 0.3) is 0 Å². The minimum absolute atomic E-state index is 0. The largest absolute Gasteiger partial charge is 0.355 e. The van der Waals surface area contributed by atoms with E-state index in [1.54, 1.807) is 0 Å². The van der Waals surface area contributed by atoms with Gasteiger partial charge in [-0.1, -0.05) is 13.8 Å². The zero-order chi connectivity index (χ0) is 8.85. The molecule has 0 radical (unpaired) electrons. The lowest BCUT2D eigenvalue weighted by atomic mass is 10.2. The van der Waals surface area contributed by atoms with E-state index in [1.165, 1.54) is 0 Å². The molecule has 0 aromatic carbocycles. The SMILES string of the molecule is CC(C)C(=O)NCCN(C)C.Cl.Cl. The summed E-state index contributed by atoms with van der Waals surface area (Å²) in [7, 11) is 3.98. The Morgan fingerprint density at radius 2 is 1.77 bits per heavy atom. The van der Waals surface area contributed by atoms with E-state index in [2.05, 4.69) is 5.32 Å². The number of carbonyl (C=O) groups excluding carboxylic acids is 1. The first-order valence-electron chi connectivity index (χ1n) is 3.96. The average Bonchev–Trinajstić information content (AvgIpc) is 1.86. The third-order valence-corrected chi connectivity index (χ3v) is 1.38. The molecule has 0 fully saturated rings. The summed E-state index contributed by atoms with van der Waals surface area (Å²) in [6, 6.07) is 0. The van der Waals surface area contributed by atoms with Gasteiger partial charge in [0.25, 0.3) is 0 Å². The standard InChI is InChI=1S/C8H18N2O.2ClH/c1-7(2)8(11)9-5-6-10(3)4;;/h7H,5-6H2,1-4H3,(H,9,11);2*1H. The van der Waals surface area contributed by atoms with Crippen LogP contribution in [0.1, 0.15) is 13.8 Å². The number of hydrogen-bond donors (Lipinski definition) is 1. The molecule has 0 aromatic rings. The Labute approximate surface area is 93.1 Å². The van der Waals surface area contributed by atoms with Gasteiger partial charge < -0.3 is 10.2 Å². The second kappa shape index (κ2) is 10.1. The van der Waals surface area contributed by atoms with E-state index in [9.17, 15) is 4.79 Å². The van der Waals surface area contributed by atoms with Crippen LogP contribution in [0.5, 0.6) is 0 Å². The molecule has 0 aromatic heterocycles. The molecule has 0 unspecified atom stereocenters. The van der Waals surface area contributed by atoms with Crippen molar-refractivity contribution >= 4 is 30.7 Å². The molecule has 5 heteroatoms. The third-order valence-electron chi connectivity index (χ3n) is 1.38. The topological polar surface area (TPSA) is 32.3 Å². The molecule has 0 aliphatic carbocycles. The minimum Gasteiger partial charge on any atom is -0.355 e. The van der Waals surface area contributed by atoms with Crippen LogP contribution in [0.4, 0.5) is 0 Å². The number of halogens is 2. The van der Waals surface area contributed by atoms with Gasteiger partial charge in [-0.05, 0) is 14.1 Å². The van der Waals surface area contributed by atoms with E-state index in [0.29, 0.717) is 0 Å². The van der Waals surface area contributed by atoms with Crippen LogP contribution < -0.4 is 5.32 Å². The monoisotopic (exact) mass is 230 g/mol. The maximum Gasteiger partial charge on any atom is 0.222 e. The summed E-state index contributed by atoms with van der Waals surface area (Å²) in [5, 5.41) is 2.83. The zero-order valence-corrected chi connectivity index (χ0v) is 10.3. The molecule has 0 rings (SSSR count). The molecule has 0 saturated heterocycles. The molecule has 13 heavy (non-hydrogen) atoms. The van der Waals surface area contributed by atoms with E-state index in [0.717, 1.165) is 13.1 Å². The van der Waals surface area contributed by atoms with Crippen LogP contribution in [0.15, 0.2) is 0 Å². The molecule has 82 valence electrons. The molecule has 0 spiro atoms. The third kappa shape index (κ3) is 12.0. The van der Waals surface area contributed by atoms with Gasteiger partial charge in [-0.15, -0.1) is 24.8 Å². The van der Waals surface area contributed by atoms with Gasteiger partial charge in [-0.25, -0.2) is 0 Å². The number of nitrogens with zero attached hydrogens (tertiary/aromatic N) is 1. The fourth-order valence-corrected chi connectivity index (χ4v) is 0.607. The predicted molar refractivity (Wildman–Crippen MR) is 60.9 cm³/mol. The van der Waals surface area contributed by atoms with Gasteiger partial charge in [0.05, 0.1) is 0 Å². The van der Waals surface area contributed by atoms with Crippen LogP contribution in [0.3, 0.4) is 0 Å². The summed E-state index contributed by atoms with van der Waals surface area (Å²) in [6.45, 7) is 5.43. The fraction of sp³-hybridized carbons (Fsp3) is 0.875. The Bertz CT molecular complexity index is 129. The van der Waals surface area contributed by atoms with Gasteiger partial charge in [-0.2, -0.15) is 0 Å². The first kappa shape index (κ1) is 18.7. The van der Waals surface area contributed by atoms with Crippen LogP contribution in [0, 0.1) is 5.92 Å². The van der Waals surface area contributed by atoms with Gasteiger partial charge in [0.2, 0.25) is 5.91 Å². The van der Waals surface area contributed by atoms with Crippen LogP contribution >= 0.6 is 24.8 Å². The first-order valence-corrected chi connectivity index (χ1v) is 3.96. The van der Waals surface area contributed by atoms with E-state index in [1.807, 2.05) is 32.8 Å². The Kier molecular flexibility index (Phi) is 14.5. The van der Waals surface area contributed by atoms with Crippen molar-refractivity contribution in [3.8, 4) is 0 Å². The quantitative estimate of drug-likeness (QED) is 0.787. The van der Waals surface area contributed by atoms with Crippen molar-refractivity contribution in [1.29, 1.82) is 0 Å². The molecule has 0 saturated carbocycles. The van der Waals surface area contributed by atoms with Crippen LogP contribution in [0.2, 0.25) is 0 Å². The van der Waals surface area contributed by atoms with E-state index < -0.39 is 0 Å². The van der Waals surface area contributed by atoms with Gasteiger partial charge in [0.1, 0.15) is 0 Å². The average molecular weight is 231 g/mol. The number of rotatable bonds is 4. The normalized spacial score (nSPS) is 9.08. The number of likely N-dealkylation sites (N-methyl/N-ethyl adjacent to an activating group) is 1. The Morgan fingerprint density at radius 1 is 1.31 bits per heavy atom. The molecule has 0 heterocycles. The van der Waals surface area contributed by atoms with Crippen molar-refractivity contribution in [3.63, 3.8) is 0 Å². The lowest BCUT2D eigenvalue weighted by Crippen LogP contribution is -2.33. The van der Waals surface area contributed by atoms with Gasteiger partial charge in [-0.3, -0.25) is 4.79 Å². The Morgan fingerprint density at radius 3 is 2.08 bits per heavy atom. The van der Waals surface area contributed by atoms with Crippen molar-refractivity contribution in [2.24, 2.45) is 5.92 Å². The van der Waals surface area contributed by atoms with Crippen molar-refractivity contribution < 1.29 is 4.79 Å². The molecule has 3 nitrogen and oxygen atoms in total. The minimum atomic E-state index is 0. The summed E-state index contributed by atoms with van der Waals surface area (Å²) in [6.07, 6.45) is 0. The number of hydrogen-bond acceptors (Lipinski definition) is 2.